The number of para-hydroxylation sites is 3. The first kappa shape index (κ1) is 20.6. The van der Waals surface area contributed by atoms with E-state index in [9.17, 15) is 9.90 Å². The van der Waals surface area contributed by atoms with Crippen molar-refractivity contribution in [3.8, 4) is 11.3 Å². The standard InChI is InChI=1S/C27H24N4O3/c32-19-11-9-18(10-12-19)31-24-7-3-2-6-22(24)29-27(31)30-26(33)17-13-14-28-23(15-17)21-16-34-25-8-4-1-5-20(21)25/h1-8,13-16,18-19,32H,9-12H2,(H,29,30,33). The number of imidazole rings is 1. The van der Waals surface area contributed by atoms with Gasteiger partial charge in [-0.1, -0.05) is 30.3 Å². The molecule has 0 bridgehead atoms. The number of carbonyl (C=O) groups excluding carboxylic acids is 1. The van der Waals surface area contributed by atoms with Gasteiger partial charge >= 0.3 is 0 Å². The number of aromatic nitrogens is 3. The summed E-state index contributed by atoms with van der Waals surface area (Å²) in [7, 11) is 0. The number of pyridine rings is 1. The minimum atomic E-state index is -0.252. The SMILES string of the molecule is O=C(Nc1nc2ccccc2n1C1CCC(O)CC1)c1ccnc(-c2coc3ccccc23)c1. The molecule has 2 aromatic carbocycles. The molecule has 1 saturated carbocycles. The number of anilines is 1. The monoisotopic (exact) mass is 452 g/mol. The van der Waals surface area contributed by atoms with Crippen LogP contribution >= 0.6 is 0 Å². The lowest BCUT2D eigenvalue weighted by atomic mass is 9.93. The molecule has 0 saturated heterocycles. The number of amides is 1. The van der Waals surface area contributed by atoms with Crippen molar-refractivity contribution in [2.75, 3.05) is 5.32 Å². The van der Waals surface area contributed by atoms with Crippen molar-refractivity contribution >= 4 is 33.9 Å². The van der Waals surface area contributed by atoms with E-state index in [-0.39, 0.29) is 18.1 Å². The quantitative estimate of drug-likeness (QED) is 0.372. The van der Waals surface area contributed by atoms with E-state index in [1.807, 2.05) is 48.5 Å². The second-order valence-corrected chi connectivity index (χ2v) is 8.79. The lowest BCUT2D eigenvalue weighted by Crippen LogP contribution is -2.23. The van der Waals surface area contributed by atoms with Gasteiger partial charge in [0.1, 0.15) is 11.8 Å². The second kappa shape index (κ2) is 8.43. The highest BCUT2D eigenvalue weighted by Gasteiger charge is 2.25. The van der Waals surface area contributed by atoms with Gasteiger partial charge in [0.2, 0.25) is 5.95 Å². The maximum atomic E-state index is 13.3. The van der Waals surface area contributed by atoms with Crippen LogP contribution in [0.5, 0.6) is 0 Å². The average Bonchev–Trinajstić information content (AvgIpc) is 3.46. The largest absolute Gasteiger partial charge is 0.464 e. The highest BCUT2D eigenvalue weighted by Crippen LogP contribution is 2.35. The molecule has 7 nitrogen and oxygen atoms in total. The molecule has 0 radical (unpaired) electrons. The van der Waals surface area contributed by atoms with Crippen LogP contribution in [-0.2, 0) is 0 Å². The third-order valence-electron chi connectivity index (χ3n) is 6.63. The highest BCUT2D eigenvalue weighted by atomic mass is 16.3. The van der Waals surface area contributed by atoms with Crippen molar-refractivity contribution in [1.29, 1.82) is 0 Å². The van der Waals surface area contributed by atoms with Crippen molar-refractivity contribution in [3.63, 3.8) is 0 Å². The van der Waals surface area contributed by atoms with Gasteiger partial charge in [0, 0.05) is 28.8 Å². The molecule has 2 N–H and O–H groups in total. The van der Waals surface area contributed by atoms with Gasteiger partial charge in [0.25, 0.3) is 5.91 Å². The smallest absolute Gasteiger partial charge is 0.258 e. The highest BCUT2D eigenvalue weighted by molar-refractivity contribution is 6.05. The Morgan fingerprint density at radius 2 is 1.82 bits per heavy atom. The van der Waals surface area contributed by atoms with Gasteiger partial charge in [-0.15, -0.1) is 0 Å². The molecule has 1 amide bonds. The van der Waals surface area contributed by atoms with Crippen LogP contribution in [0, 0.1) is 0 Å². The van der Waals surface area contributed by atoms with E-state index >= 15 is 0 Å². The Bertz CT molecular complexity index is 1490. The van der Waals surface area contributed by atoms with Gasteiger partial charge in [-0.05, 0) is 56.0 Å². The van der Waals surface area contributed by atoms with Gasteiger partial charge in [-0.3, -0.25) is 15.1 Å². The molecule has 0 spiro atoms. The normalized spacial score (nSPS) is 18.4. The fourth-order valence-corrected chi connectivity index (χ4v) is 4.89. The Balaban J connectivity index is 1.34. The zero-order valence-corrected chi connectivity index (χ0v) is 18.5. The van der Waals surface area contributed by atoms with Gasteiger partial charge in [0.15, 0.2) is 0 Å². The topological polar surface area (TPSA) is 93.2 Å². The number of nitrogens with zero attached hydrogens (tertiary/aromatic N) is 3. The Labute approximate surface area is 196 Å². The summed E-state index contributed by atoms with van der Waals surface area (Å²) in [5, 5.41) is 14.0. The zero-order chi connectivity index (χ0) is 23.1. The summed E-state index contributed by atoms with van der Waals surface area (Å²) >= 11 is 0. The molecular formula is C27H24N4O3. The summed E-state index contributed by atoms with van der Waals surface area (Å²) < 4.78 is 7.77. The fraction of sp³-hybridized carbons (Fsp3) is 0.222. The number of hydrogen-bond acceptors (Lipinski definition) is 5. The third-order valence-corrected chi connectivity index (χ3v) is 6.63. The number of nitrogens with one attached hydrogen (secondary N) is 1. The predicted molar refractivity (Wildman–Crippen MR) is 131 cm³/mol. The van der Waals surface area contributed by atoms with E-state index in [1.165, 1.54) is 0 Å². The minimum Gasteiger partial charge on any atom is -0.464 e. The van der Waals surface area contributed by atoms with Crippen molar-refractivity contribution in [1.82, 2.24) is 14.5 Å². The number of benzene rings is 2. The number of rotatable bonds is 4. The first-order chi connectivity index (χ1) is 16.7. The molecule has 34 heavy (non-hydrogen) atoms. The first-order valence-corrected chi connectivity index (χ1v) is 11.6. The van der Waals surface area contributed by atoms with Crippen LogP contribution in [0.1, 0.15) is 42.1 Å². The van der Waals surface area contributed by atoms with E-state index in [1.54, 1.807) is 24.6 Å². The molecule has 1 aliphatic carbocycles. The fourth-order valence-electron chi connectivity index (χ4n) is 4.89. The lowest BCUT2D eigenvalue weighted by Gasteiger charge is -2.28. The number of hydrogen-bond donors (Lipinski definition) is 2. The average molecular weight is 453 g/mol. The Morgan fingerprint density at radius 3 is 2.71 bits per heavy atom. The second-order valence-electron chi connectivity index (χ2n) is 8.79. The van der Waals surface area contributed by atoms with Crippen LogP contribution in [0.25, 0.3) is 33.3 Å². The molecule has 1 aliphatic rings. The van der Waals surface area contributed by atoms with Gasteiger partial charge in [0.05, 0.1) is 22.8 Å². The van der Waals surface area contributed by atoms with E-state index in [2.05, 4.69) is 14.9 Å². The number of furan rings is 1. The van der Waals surface area contributed by atoms with Crippen LogP contribution in [0.15, 0.2) is 77.5 Å². The summed E-state index contributed by atoms with van der Waals surface area (Å²) in [6.45, 7) is 0. The van der Waals surface area contributed by atoms with E-state index in [0.717, 1.165) is 53.2 Å². The van der Waals surface area contributed by atoms with Crippen LogP contribution in [0.2, 0.25) is 0 Å². The first-order valence-electron chi connectivity index (χ1n) is 11.6. The molecule has 0 aliphatic heterocycles. The number of carbonyl (C=O) groups is 1. The van der Waals surface area contributed by atoms with Crippen molar-refractivity contribution < 1.29 is 14.3 Å². The Morgan fingerprint density at radius 1 is 1.03 bits per heavy atom. The summed E-state index contributed by atoms with van der Waals surface area (Å²) in [6.07, 6.45) is 6.24. The Hall–Kier alpha value is -3.97. The maximum absolute atomic E-state index is 13.3. The molecule has 170 valence electrons. The summed E-state index contributed by atoms with van der Waals surface area (Å²) in [6, 6.07) is 19.3. The third kappa shape index (κ3) is 3.64. The predicted octanol–water partition coefficient (Wildman–Crippen LogP) is 5.57. The van der Waals surface area contributed by atoms with Crippen molar-refractivity contribution in [2.45, 2.75) is 37.8 Å². The van der Waals surface area contributed by atoms with Gasteiger partial charge < -0.3 is 14.1 Å². The minimum absolute atomic E-state index is 0.177. The Kier molecular flexibility index (Phi) is 5.11. The molecule has 3 aromatic heterocycles. The van der Waals surface area contributed by atoms with E-state index < -0.39 is 0 Å². The zero-order valence-electron chi connectivity index (χ0n) is 18.5. The number of aliphatic hydroxyl groups is 1. The molecule has 0 atom stereocenters. The van der Waals surface area contributed by atoms with Gasteiger partial charge in [-0.2, -0.15) is 0 Å². The number of fused-ring (bicyclic) bond motifs is 2. The summed E-state index contributed by atoms with van der Waals surface area (Å²) in [4.78, 5) is 22.5. The number of aliphatic hydroxyl groups excluding tert-OH is 1. The molecule has 5 aromatic rings. The summed E-state index contributed by atoms with van der Waals surface area (Å²) in [5.74, 6) is 0.281. The molecule has 3 heterocycles. The van der Waals surface area contributed by atoms with E-state index in [0.29, 0.717) is 17.2 Å². The summed E-state index contributed by atoms with van der Waals surface area (Å²) in [5.41, 5.74) is 4.61. The van der Waals surface area contributed by atoms with Crippen LogP contribution < -0.4 is 5.32 Å². The molecule has 7 heteroatoms. The molecular weight excluding hydrogens is 428 g/mol. The molecule has 1 fully saturated rings. The molecule has 6 rings (SSSR count). The van der Waals surface area contributed by atoms with Gasteiger partial charge in [-0.25, -0.2) is 4.98 Å². The van der Waals surface area contributed by atoms with Crippen molar-refractivity contribution in [3.05, 3.63) is 78.7 Å². The maximum Gasteiger partial charge on any atom is 0.258 e. The van der Waals surface area contributed by atoms with Crippen molar-refractivity contribution in [2.24, 2.45) is 0 Å². The van der Waals surface area contributed by atoms with Crippen LogP contribution in [0.4, 0.5) is 5.95 Å². The van der Waals surface area contributed by atoms with Crippen LogP contribution in [-0.4, -0.2) is 31.7 Å². The van der Waals surface area contributed by atoms with E-state index in [4.69, 9.17) is 9.40 Å². The van der Waals surface area contributed by atoms with Crippen LogP contribution in [0.3, 0.4) is 0 Å². The molecule has 0 unspecified atom stereocenters. The lowest BCUT2D eigenvalue weighted by molar-refractivity contribution is 0.102.